The lowest BCUT2D eigenvalue weighted by atomic mass is 10.2. The van der Waals surface area contributed by atoms with E-state index in [0.717, 1.165) is 5.56 Å². The Labute approximate surface area is 122 Å². The van der Waals surface area contributed by atoms with Gasteiger partial charge in [-0.1, -0.05) is 24.3 Å². The molecule has 108 valence electrons. The number of para-hydroxylation sites is 1. The van der Waals surface area contributed by atoms with Crippen molar-refractivity contribution in [3.05, 3.63) is 65.5 Å². The van der Waals surface area contributed by atoms with E-state index < -0.39 is 11.7 Å². The van der Waals surface area contributed by atoms with Crippen LogP contribution < -0.4 is 10.2 Å². The lowest BCUT2D eigenvalue weighted by Gasteiger charge is -2.06. The Balaban J connectivity index is 2.06. The predicted molar refractivity (Wildman–Crippen MR) is 79.1 cm³/mol. The number of amides is 1. The normalized spacial score (nSPS) is 10.6. The van der Waals surface area contributed by atoms with Gasteiger partial charge in [-0.2, -0.15) is 5.10 Å². The van der Waals surface area contributed by atoms with Crippen molar-refractivity contribution in [3.63, 3.8) is 0 Å². The highest BCUT2D eigenvalue weighted by atomic mass is 19.1. The second-order valence-electron chi connectivity index (χ2n) is 4.15. The maximum atomic E-state index is 13.4. The number of hydrazone groups is 1. The molecule has 0 saturated carbocycles. The molecule has 0 bridgehead atoms. The van der Waals surface area contributed by atoms with Crippen molar-refractivity contribution >= 4 is 12.1 Å². The van der Waals surface area contributed by atoms with Crippen molar-refractivity contribution < 1.29 is 13.9 Å². The van der Waals surface area contributed by atoms with Crippen LogP contribution in [0.15, 0.2) is 53.6 Å². The standard InChI is InChI=1S/C16H15FN2O2/c1-2-21-15-10-6-3-7-12(15)11-18-19-16(20)13-8-4-5-9-14(13)17/h3-11H,2H2,1H3,(H,19,20). The Hall–Kier alpha value is -2.69. The van der Waals surface area contributed by atoms with Crippen LogP contribution in [0.2, 0.25) is 0 Å². The van der Waals surface area contributed by atoms with E-state index in [1.807, 2.05) is 31.2 Å². The number of halogens is 1. The van der Waals surface area contributed by atoms with Crippen molar-refractivity contribution in [3.8, 4) is 5.75 Å². The highest BCUT2D eigenvalue weighted by Gasteiger charge is 2.09. The number of carbonyl (C=O) groups is 1. The molecular formula is C16H15FN2O2. The second kappa shape index (κ2) is 7.19. The van der Waals surface area contributed by atoms with Crippen LogP contribution in [0.1, 0.15) is 22.8 Å². The van der Waals surface area contributed by atoms with Gasteiger partial charge >= 0.3 is 0 Å². The topological polar surface area (TPSA) is 50.7 Å². The van der Waals surface area contributed by atoms with E-state index in [9.17, 15) is 9.18 Å². The SMILES string of the molecule is CCOc1ccccc1C=NNC(=O)c1ccccc1F. The first-order valence-corrected chi connectivity index (χ1v) is 6.52. The Kier molecular flexibility index (Phi) is 5.04. The van der Waals surface area contributed by atoms with Crippen molar-refractivity contribution in [1.29, 1.82) is 0 Å². The third-order valence-corrected chi connectivity index (χ3v) is 2.71. The van der Waals surface area contributed by atoms with Gasteiger partial charge in [0, 0.05) is 5.56 Å². The zero-order valence-corrected chi connectivity index (χ0v) is 11.5. The average molecular weight is 286 g/mol. The van der Waals surface area contributed by atoms with E-state index in [4.69, 9.17) is 4.74 Å². The smallest absolute Gasteiger partial charge is 0.274 e. The number of nitrogens with zero attached hydrogens (tertiary/aromatic N) is 1. The minimum Gasteiger partial charge on any atom is -0.493 e. The van der Waals surface area contributed by atoms with Gasteiger partial charge in [0.2, 0.25) is 0 Å². The molecule has 2 rings (SSSR count). The van der Waals surface area contributed by atoms with Crippen LogP contribution in [-0.4, -0.2) is 18.7 Å². The van der Waals surface area contributed by atoms with Crippen LogP contribution in [0.4, 0.5) is 4.39 Å². The maximum absolute atomic E-state index is 13.4. The molecule has 0 saturated heterocycles. The molecular weight excluding hydrogens is 271 g/mol. The highest BCUT2D eigenvalue weighted by molar-refractivity contribution is 5.95. The molecule has 1 amide bonds. The van der Waals surface area contributed by atoms with Gasteiger partial charge in [0.1, 0.15) is 11.6 Å². The van der Waals surface area contributed by atoms with E-state index in [1.54, 1.807) is 6.07 Å². The van der Waals surface area contributed by atoms with Gasteiger partial charge in [-0.15, -0.1) is 0 Å². The number of ether oxygens (including phenoxy) is 1. The molecule has 1 N–H and O–H groups in total. The first-order valence-electron chi connectivity index (χ1n) is 6.52. The Morgan fingerprint density at radius 1 is 1.24 bits per heavy atom. The zero-order valence-electron chi connectivity index (χ0n) is 11.5. The first-order chi connectivity index (χ1) is 10.2. The minimum absolute atomic E-state index is 0.0484. The number of benzene rings is 2. The summed E-state index contributed by atoms with van der Waals surface area (Å²) in [5.41, 5.74) is 2.97. The fraction of sp³-hybridized carbons (Fsp3) is 0.125. The second-order valence-corrected chi connectivity index (χ2v) is 4.15. The third kappa shape index (κ3) is 3.89. The molecule has 0 radical (unpaired) electrons. The molecule has 4 nitrogen and oxygen atoms in total. The van der Waals surface area contributed by atoms with Gasteiger partial charge in [-0.3, -0.25) is 4.79 Å². The van der Waals surface area contributed by atoms with E-state index >= 15 is 0 Å². The summed E-state index contributed by atoms with van der Waals surface area (Å²) in [6, 6.07) is 13.0. The maximum Gasteiger partial charge on any atom is 0.274 e. The monoisotopic (exact) mass is 286 g/mol. The lowest BCUT2D eigenvalue weighted by molar-refractivity contribution is 0.0951. The number of hydrogen-bond donors (Lipinski definition) is 1. The molecule has 0 spiro atoms. The molecule has 0 fully saturated rings. The molecule has 2 aromatic carbocycles. The fourth-order valence-corrected chi connectivity index (χ4v) is 1.74. The summed E-state index contributed by atoms with van der Waals surface area (Å²) >= 11 is 0. The minimum atomic E-state index is -0.599. The van der Waals surface area contributed by atoms with Gasteiger partial charge in [0.15, 0.2) is 0 Å². The Morgan fingerprint density at radius 3 is 2.71 bits per heavy atom. The summed E-state index contributed by atoms with van der Waals surface area (Å²) < 4.78 is 18.9. The number of carbonyl (C=O) groups excluding carboxylic acids is 1. The van der Waals surface area contributed by atoms with Crippen LogP contribution in [0, 0.1) is 5.82 Å². The third-order valence-electron chi connectivity index (χ3n) is 2.71. The van der Waals surface area contributed by atoms with Crippen LogP contribution in [0.5, 0.6) is 5.75 Å². The average Bonchev–Trinajstić information content (AvgIpc) is 2.49. The van der Waals surface area contributed by atoms with Gasteiger partial charge in [-0.05, 0) is 31.2 Å². The quantitative estimate of drug-likeness (QED) is 0.678. The highest BCUT2D eigenvalue weighted by Crippen LogP contribution is 2.15. The van der Waals surface area contributed by atoms with E-state index in [-0.39, 0.29) is 5.56 Å². The summed E-state index contributed by atoms with van der Waals surface area (Å²) in [6.07, 6.45) is 1.46. The van der Waals surface area contributed by atoms with Crippen LogP contribution in [0.3, 0.4) is 0 Å². The van der Waals surface area contributed by atoms with Crippen molar-refractivity contribution in [2.75, 3.05) is 6.61 Å². The van der Waals surface area contributed by atoms with Crippen molar-refractivity contribution in [1.82, 2.24) is 5.43 Å². The summed E-state index contributed by atoms with van der Waals surface area (Å²) in [5, 5.41) is 3.83. The summed E-state index contributed by atoms with van der Waals surface area (Å²) in [6.45, 7) is 2.42. The van der Waals surface area contributed by atoms with E-state index in [0.29, 0.717) is 12.4 Å². The largest absolute Gasteiger partial charge is 0.493 e. The molecule has 0 aliphatic carbocycles. The van der Waals surface area contributed by atoms with Gasteiger partial charge in [-0.25, -0.2) is 9.82 Å². The molecule has 0 aliphatic heterocycles. The Morgan fingerprint density at radius 2 is 1.95 bits per heavy atom. The molecule has 0 aromatic heterocycles. The molecule has 0 unspecified atom stereocenters. The molecule has 21 heavy (non-hydrogen) atoms. The van der Waals surface area contributed by atoms with Crippen LogP contribution >= 0.6 is 0 Å². The predicted octanol–water partition coefficient (Wildman–Crippen LogP) is 2.99. The van der Waals surface area contributed by atoms with E-state index in [2.05, 4.69) is 10.5 Å². The number of nitrogens with one attached hydrogen (secondary N) is 1. The number of hydrogen-bond acceptors (Lipinski definition) is 3. The lowest BCUT2D eigenvalue weighted by Crippen LogP contribution is -2.19. The molecule has 0 aliphatic rings. The van der Waals surface area contributed by atoms with Crippen molar-refractivity contribution in [2.45, 2.75) is 6.92 Å². The summed E-state index contributed by atoms with van der Waals surface area (Å²) in [4.78, 5) is 11.8. The zero-order chi connectivity index (χ0) is 15.1. The molecule has 5 heteroatoms. The molecule has 0 atom stereocenters. The van der Waals surface area contributed by atoms with Gasteiger partial charge < -0.3 is 4.74 Å². The van der Waals surface area contributed by atoms with Crippen LogP contribution in [-0.2, 0) is 0 Å². The summed E-state index contributed by atoms with van der Waals surface area (Å²) in [7, 11) is 0. The molecule has 0 heterocycles. The fourth-order valence-electron chi connectivity index (χ4n) is 1.74. The number of rotatable bonds is 5. The van der Waals surface area contributed by atoms with Crippen LogP contribution in [0.25, 0.3) is 0 Å². The summed E-state index contributed by atoms with van der Waals surface area (Å²) in [5.74, 6) is -0.512. The first kappa shape index (κ1) is 14.7. The molecule has 2 aromatic rings. The van der Waals surface area contributed by atoms with E-state index in [1.165, 1.54) is 24.4 Å². The Bertz CT molecular complexity index is 656. The van der Waals surface area contributed by atoms with Crippen molar-refractivity contribution in [2.24, 2.45) is 5.10 Å². The van der Waals surface area contributed by atoms with Gasteiger partial charge in [0.25, 0.3) is 5.91 Å². The van der Waals surface area contributed by atoms with Gasteiger partial charge in [0.05, 0.1) is 18.4 Å².